The monoisotopic (exact) mass is 87.1 g/mol. The van der Waals surface area contributed by atoms with Gasteiger partial charge < -0.3 is 10.8 Å². The molecule has 1 unspecified atom stereocenters. The quantitative estimate of drug-likeness (QED) is 0.345. The zero-order chi connectivity index (χ0) is 4.99. The molecule has 0 bridgehead atoms. The molecule has 0 aromatic rings. The fraction of sp³-hybridized carbons (Fsp3) is 0.500. The fourth-order valence-electron chi connectivity index (χ4n) is 0.197. The first-order valence-electron chi connectivity index (χ1n) is 1.84. The Morgan fingerprint density at radius 3 is 2.33 bits per heavy atom. The van der Waals surface area contributed by atoms with E-state index in [1.54, 1.807) is 13.0 Å². The molecule has 3 N–H and O–H groups in total. The van der Waals surface area contributed by atoms with Crippen molar-refractivity contribution in [1.29, 1.82) is 0 Å². The molecule has 0 aromatic carbocycles. The van der Waals surface area contributed by atoms with E-state index in [4.69, 9.17) is 10.8 Å². The standard InChI is InChI=1S/C4H9NO/c1-2-3-4(5)6/h2-4,6H,5H2,1H3/b3-2+. The third-order valence-corrected chi connectivity index (χ3v) is 0.390. The summed E-state index contributed by atoms with van der Waals surface area (Å²) in [6, 6.07) is 0. The van der Waals surface area contributed by atoms with Gasteiger partial charge in [0.2, 0.25) is 0 Å². The molecule has 0 aliphatic rings. The maximum Gasteiger partial charge on any atom is 0.121 e. The maximum absolute atomic E-state index is 8.24. The minimum absolute atomic E-state index is 0.782. The van der Waals surface area contributed by atoms with Gasteiger partial charge in [-0.3, -0.25) is 0 Å². The number of hydrogen-bond donors (Lipinski definition) is 2. The van der Waals surface area contributed by atoms with Crippen molar-refractivity contribution in [3.05, 3.63) is 12.2 Å². The van der Waals surface area contributed by atoms with Crippen LogP contribution < -0.4 is 5.73 Å². The predicted molar refractivity (Wildman–Crippen MR) is 25.0 cm³/mol. The van der Waals surface area contributed by atoms with Crippen LogP contribution in [0, 0.1) is 0 Å². The Labute approximate surface area is 37.3 Å². The van der Waals surface area contributed by atoms with E-state index in [0.29, 0.717) is 0 Å². The van der Waals surface area contributed by atoms with Gasteiger partial charge >= 0.3 is 0 Å². The van der Waals surface area contributed by atoms with Gasteiger partial charge in [-0.05, 0) is 13.0 Å². The van der Waals surface area contributed by atoms with Crippen LogP contribution in [0.15, 0.2) is 12.2 Å². The Morgan fingerprint density at radius 1 is 1.83 bits per heavy atom. The largest absolute Gasteiger partial charge is 0.375 e. The highest BCUT2D eigenvalue weighted by atomic mass is 16.3. The van der Waals surface area contributed by atoms with E-state index in [0.717, 1.165) is 0 Å². The third-order valence-electron chi connectivity index (χ3n) is 0.390. The van der Waals surface area contributed by atoms with Crippen LogP contribution in [0.25, 0.3) is 0 Å². The average Bonchev–Trinajstić information content (AvgIpc) is 1.35. The Kier molecular flexibility index (Phi) is 2.71. The number of rotatable bonds is 1. The van der Waals surface area contributed by atoms with Crippen molar-refractivity contribution >= 4 is 0 Å². The van der Waals surface area contributed by atoms with E-state index in [1.165, 1.54) is 6.08 Å². The number of aliphatic hydroxyl groups excluding tert-OH is 1. The summed E-state index contributed by atoms with van der Waals surface area (Å²) in [6.07, 6.45) is 2.42. The van der Waals surface area contributed by atoms with Crippen LogP contribution in [0.3, 0.4) is 0 Å². The molecule has 0 aliphatic heterocycles. The summed E-state index contributed by atoms with van der Waals surface area (Å²) in [6.45, 7) is 1.80. The molecule has 0 rings (SSSR count). The van der Waals surface area contributed by atoms with Crippen molar-refractivity contribution in [2.75, 3.05) is 0 Å². The number of allylic oxidation sites excluding steroid dienone is 1. The van der Waals surface area contributed by atoms with Crippen LogP contribution in [-0.4, -0.2) is 11.3 Å². The smallest absolute Gasteiger partial charge is 0.121 e. The lowest BCUT2D eigenvalue weighted by Crippen LogP contribution is -2.14. The lowest BCUT2D eigenvalue weighted by atomic mass is 10.5. The van der Waals surface area contributed by atoms with Crippen molar-refractivity contribution in [3.63, 3.8) is 0 Å². The van der Waals surface area contributed by atoms with E-state index in [9.17, 15) is 0 Å². The molecule has 1 atom stereocenters. The van der Waals surface area contributed by atoms with E-state index < -0.39 is 6.23 Å². The van der Waals surface area contributed by atoms with E-state index in [2.05, 4.69) is 0 Å². The minimum Gasteiger partial charge on any atom is -0.375 e. The number of aliphatic hydroxyl groups is 1. The van der Waals surface area contributed by atoms with E-state index in [-0.39, 0.29) is 0 Å². The normalized spacial score (nSPS) is 15.8. The van der Waals surface area contributed by atoms with Crippen molar-refractivity contribution in [1.82, 2.24) is 0 Å². The Hall–Kier alpha value is -0.340. The summed E-state index contributed by atoms with van der Waals surface area (Å²) in [5.74, 6) is 0. The second kappa shape index (κ2) is 2.87. The Morgan fingerprint density at radius 2 is 2.33 bits per heavy atom. The average molecular weight is 87.1 g/mol. The van der Waals surface area contributed by atoms with Crippen molar-refractivity contribution < 1.29 is 5.11 Å². The lowest BCUT2D eigenvalue weighted by molar-refractivity contribution is 0.231. The van der Waals surface area contributed by atoms with Crippen molar-refractivity contribution in [2.45, 2.75) is 13.2 Å². The molecular weight excluding hydrogens is 78.0 g/mol. The molecule has 6 heavy (non-hydrogen) atoms. The second-order valence-electron chi connectivity index (χ2n) is 1.02. The zero-order valence-electron chi connectivity index (χ0n) is 3.76. The Balaban J connectivity index is 3.03. The summed E-state index contributed by atoms with van der Waals surface area (Å²) < 4.78 is 0. The molecule has 0 amide bonds. The van der Waals surface area contributed by atoms with Gasteiger partial charge in [-0.2, -0.15) is 0 Å². The molecule has 0 aromatic heterocycles. The first-order chi connectivity index (χ1) is 2.77. The van der Waals surface area contributed by atoms with Gasteiger partial charge in [0.15, 0.2) is 0 Å². The molecule has 0 aliphatic carbocycles. The molecule has 0 fully saturated rings. The molecule has 0 radical (unpaired) electrons. The fourth-order valence-corrected chi connectivity index (χ4v) is 0.197. The van der Waals surface area contributed by atoms with Gasteiger partial charge in [-0.15, -0.1) is 0 Å². The SMILES string of the molecule is C/C=C/C(N)O. The van der Waals surface area contributed by atoms with Crippen molar-refractivity contribution in [3.8, 4) is 0 Å². The second-order valence-corrected chi connectivity index (χ2v) is 1.02. The molecule has 0 heterocycles. The van der Waals surface area contributed by atoms with Gasteiger partial charge in [-0.25, -0.2) is 0 Å². The van der Waals surface area contributed by atoms with Crippen LogP contribution >= 0.6 is 0 Å². The molecule has 36 valence electrons. The molecule has 2 heteroatoms. The maximum atomic E-state index is 8.24. The molecular formula is C4H9NO. The van der Waals surface area contributed by atoms with E-state index >= 15 is 0 Å². The van der Waals surface area contributed by atoms with Gasteiger partial charge in [0.25, 0.3) is 0 Å². The zero-order valence-corrected chi connectivity index (χ0v) is 3.76. The summed E-state index contributed by atoms with van der Waals surface area (Å²) in [5.41, 5.74) is 4.87. The van der Waals surface area contributed by atoms with Crippen LogP contribution in [-0.2, 0) is 0 Å². The highest BCUT2D eigenvalue weighted by molar-refractivity contribution is 4.80. The number of nitrogens with two attached hydrogens (primary N) is 1. The van der Waals surface area contributed by atoms with Gasteiger partial charge in [0.05, 0.1) is 0 Å². The molecule has 0 spiro atoms. The molecule has 2 nitrogen and oxygen atoms in total. The van der Waals surface area contributed by atoms with Crippen LogP contribution in [0.5, 0.6) is 0 Å². The van der Waals surface area contributed by atoms with Gasteiger partial charge in [0.1, 0.15) is 6.23 Å². The molecule has 0 saturated heterocycles. The van der Waals surface area contributed by atoms with Crippen LogP contribution in [0.4, 0.5) is 0 Å². The lowest BCUT2D eigenvalue weighted by Gasteiger charge is -1.88. The van der Waals surface area contributed by atoms with Gasteiger partial charge in [0, 0.05) is 0 Å². The van der Waals surface area contributed by atoms with Gasteiger partial charge in [-0.1, -0.05) is 6.08 Å². The highest BCUT2D eigenvalue weighted by Gasteiger charge is 1.77. The molecule has 0 saturated carbocycles. The highest BCUT2D eigenvalue weighted by Crippen LogP contribution is 1.69. The Bertz CT molecular complexity index is 49.5. The summed E-state index contributed by atoms with van der Waals surface area (Å²) in [4.78, 5) is 0. The predicted octanol–water partition coefficient (Wildman–Crippen LogP) is -0.160. The minimum atomic E-state index is -0.782. The van der Waals surface area contributed by atoms with E-state index in [1.807, 2.05) is 0 Å². The van der Waals surface area contributed by atoms with Crippen LogP contribution in [0.2, 0.25) is 0 Å². The summed E-state index contributed by atoms with van der Waals surface area (Å²) in [7, 11) is 0. The number of hydrogen-bond acceptors (Lipinski definition) is 2. The first-order valence-corrected chi connectivity index (χ1v) is 1.84. The summed E-state index contributed by atoms with van der Waals surface area (Å²) in [5, 5.41) is 8.24. The summed E-state index contributed by atoms with van der Waals surface area (Å²) >= 11 is 0. The third kappa shape index (κ3) is 3.66. The van der Waals surface area contributed by atoms with Crippen molar-refractivity contribution in [2.24, 2.45) is 5.73 Å². The first kappa shape index (κ1) is 5.66. The topological polar surface area (TPSA) is 46.2 Å². The van der Waals surface area contributed by atoms with Crippen LogP contribution in [0.1, 0.15) is 6.92 Å².